The van der Waals surface area contributed by atoms with Crippen molar-refractivity contribution in [3.8, 4) is 0 Å². The molecule has 2 N–H and O–H groups in total. The Kier molecular flexibility index (Phi) is 4.76. The Balaban J connectivity index is 1.57. The number of piperidine rings is 1. The van der Waals surface area contributed by atoms with Crippen molar-refractivity contribution in [3.63, 3.8) is 0 Å². The van der Waals surface area contributed by atoms with E-state index in [1.165, 1.54) is 5.56 Å². The number of ether oxygens (including phenoxy) is 1. The zero-order valence-corrected chi connectivity index (χ0v) is 14.1. The molecular formula is C18H25N3O3. The van der Waals surface area contributed by atoms with Crippen molar-refractivity contribution in [2.45, 2.75) is 31.3 Å². The molecule has 0 saturated carbocycles. The lowest BCUT2D eigenvalue weighted by atomic mass is 9.91. The molecule has 2 saturated heterocycles. The van der Waals surface area contributed by atoms with Crippen LogP contribution in [-0.2, 0) is 9.53 Å². The first-order valence-electron chi connectivity index (χ1n) is 8.51. The van der Waals surface area contributed by atoms with Crippen molar-refractivity contribution in [3.05, 3.63) is 35.9 Å². The van der Waals surface area contributed by atoms with E-state index in [1.807, 2.05) is 28.0 Å². The van der Waals surface area contributed by atoms with E-state index in [-0.39, 0.29) is 24.5 Å². The van der Waals surface area contributed by atoms with Crippen LogP contribution in [0.5, 0.6) is 0 Å². The van der Waals surface area contributed by atoms with E-state index >= 15 is 0 Å². The molecule has 0 aromatic heterocycles. The standard InChI is InChI=1S/C18H25N3O3/c1-14(15-5-3-2-4-6-15)11-21-13-18(24-17(21)23)7-9-20(10-8-18)12-16(19)22/h2-6,14H,7-13H2,1H3,(H2,19,22). The van der Waals surface area contributed by atoms with Crippen molar-refractivity contribution in [2.75, 3.05) is 32.7 Å². The fourth-order valence-electron chi connectivity index (χ4n) is 3.65. The molecule has 2 aliphatic heterocycles. The Morgan fingerprint density at radius 3 is 2.58 bits per heavy atom. The molecule has 24 heavy (non-hydrogen) atoms. The highest BCUT2D eigenvalue weighted by Crippen LogP contribution is 2.34. The molecule has 1 aromatic rings. The Hall–Kier alpha value is -2.08. The fraction of sp³-hybridized carbons (Fsp3) is 0.556. The van der Waals surface area contributed by atoms with Gasteiger partial charge in [-0.15, -0.1) is 0 Å². The number of benzene rings is 1. The van der Waals surface area contributed by atoms with Crippen LogP contribution in [-0.4, -0.2) is 60.1 Å². The summed E-state index contributed by atoms with van der Waals surface area (Å²) in [5.74, 6) is -0.0449. The molecule has 1 aromatic carbocycles. The van der Waals surface area contributed by atoms with Crippen molar-refractivity contribution < 1.29 is 14.3 Å². The summed E-state index contributed by atoms with van der Waals surface area (Å²) in [5.41, 5.74) is 6.07. The molecule has 0 bridgehead atoms. The Labute approximate surface area is 142 Å². The van der Waals surface area contributed by atoms with Crippen LogP contribution in [0.15, 0.2) is 30.3 Å². The maximum Gasteiger partial charge on any atom is 0.410 e. The minimum Gasteiger partial charge on any atom is -0.441 e. The zero-order chi connectivity index (χ0) is 17.2. The molecule has 2 fully saturated rings. The molecule has 1 atom stereocenters. The SMILES string of the molecule is CC(CN1CC2(CCN(CC(N)=O)CC2)OC1=O)c1ccccc1. The molecule has 2 heterocycles. The predicted octanol–water partition coefficient (Wildman–Crippen LogP) is 1.56. The lowest BCUT2D eigenvalue weighted by molar-refractivity contribution is -0.120. The lowest BCUT2D eigenvalue weighted by Crippen LogP contribution is -2.48. The monoisotopic (exact) mass is 331 g/mol. The largest absolute Gasteiger partial charge is 0.441 e. The topological polar surface area (TPSA) is 75.9 Å². The molecule has 6 nitrogen and oxygen atoms in total. The summed E-state index contributed by atoms with van der Waals surface area (Å²) in [6, 6.07) is 10.2. The Morgan fingerprint density at radius 2 is 1.96 bits per heavy atom. The van der Waals surface area contributed by atoms with Crippen LogP contribution < -0.4 is 5.73 Å². The maximum atomic E-state index is 12.3. The molecular weight excluding hydrogens is 306 g/mol. The maximum absolute atomic E-state index is 12.3. The normalized spacial score (nSPS) is 21.7. The van der Waals surface area contributed by atoms with Crippen LogP contribution in [0.2, 0.25) is 0 Å². The number of hydrogen-bond acceptors (Lipinski definition) is 4. The van der Waals surface area contributed by atoms with E-state index in [9.17, 15) is 9.59 Å². The number of likely N-dealkylation sites (tertiary alicyclic amines) is 1. The second kappa shape index (κ2) is 6.81. The van der Waals surface area contributed by atoms with Gasteiger partial charge in [0.1, 0.15) is 5.60 Å². The minimum atomic E-state index is -0.401. The molecule has 130 valence electrons. The smallest absolute Gasteiger partial charge is 0.410 e. The van der Waals surface area contributed by atoms with Crippen LogP contribution in [0, 0.1) is 0 Å². The van der Waals surface area contributed by atoms with E-state index in [0.29, 0.717) is 13.1 Å². The van der Waals surface area contributed by atoms with Gasteiger partial charge in [0.2, 0.25) is 5.91 Å². The van der Waals surface area contributed by atoms with Crippen LogP contribution in [0.25, 0.3) is 0 Å². The number of nitrogens with two attached hydrogens (primary N) is 1. The van der Waals surface area contributed by atoms with Crippen molar-refractivity contribution in [2.24, 2.45) is 5.73 Å². The highest BCUT2D eigenvalue weighted by molar-refractivity contribution is 5.76. The van der Waals surface area contributed by atoms with Gasteiger partial charge in [0.05, 0.1) is 13.1 Å². The number of hydrogen-bond donors (Lipinski definition) is 1. The molecule has 2 amide bonds. The van der Waals surface area contributed by atoms with Crippen molar-refractivity contribution in [1.82, 2.24) is 9.80 Å². The van der Waals surface area contributed by atoms with Crippen LogP contribution in [0.3, 0.4) is 0 Å². The summed E-state index contributed by atoms with van der Waals surface area (Å²) in [7, 11) is 0. The minimum absolute atomic E-state index is 0.221. The summed E-state index contributed by atoms with van der Waals surface area (Å²) in [6.07, 6.45) is 1.28. The number of primary amides is 1. The third kappa shape index (κ3) is 3.70. The Morgan fingerprint density at radius 1 is 1.29 bits per heavy atom. The van der Waals surface area contributed by atoms with E-state index < -0.39 is 5.60 Å². The lowest BCUT2D eigenvalue weighted by Gasteiger charge is -2.36. The first-order valence-corrected chi connectivity index (χ1v) is 8.51. The van der Waals surface area contributed by atoms with Gasteiger partial charge in [0.15, 0.2) is 0 Å². The second-order valence-electron chi connectivity index (χ2n) is 6.99. The molecule has 1 spiro atoms. The fourth-order valence-corrected chi connectivity index (χ4v) is 3.65. The second-order valence-corrected chi connectivity index (χ2v) is 6.99. The molecule has 0 radical (unpaired) electrons. The third-order valence-electron chi connectivity index (χ3n) is 5.05. The van der Waals surface area contributed by atoms with Gasteiger partial charge < -0.3 is 15.4 Å². The summed E-state index contributed by atoms with van der Waals surface area (Å²) < 4.78 is 5.74. The highest BCUT2D eigenvalue weighted by atomic mass is 16.6. The van der Waals surface area contributed by atoms with Gasteiger partial charge in [-0.25, -0.2) is 4.79 Å². The van der Waals surface area contributed by atoms with Crippen molar-refractivity contribution >= 4 is 12.0 Å². The van der Waals surface area contributed by atoms with E-state index in [2.05, 4.69) is 19.1 Å². The third-order valence-corrected chi connectivity index (χ3v) is 5.05. The van der Waals surface area contributed by atoms with Gasteiger partial charge >= 0.3 is 6.09 Å². The van der Waals surface area contributed by atoms with Crippen LogP contribution >= 0.6 is 0 Å². The zero-order valence-electron chi connectivity index (χ0n) is 14.1. The first kappa shape index (κ1) is 16.8. The van der Waals surface area contributed by atoms with E-state index in [1.54, 1.807) is 0 Å². The van der Waals surface area contributed by atoms with Gasteiger partial charge in [-0.3, -0.25) is 9.69 Å². The van der Waals surface area contributed by atoms with Gasteiger partial charge in [-0.1, -0.05) is 37.3 Å². The molecule has 2 aliphatic rings. The van der Waals surface area contributed by atoms with Crippen LogP contribution in [0.1, 0.15) is 31.2 Å². The number of nitrogens with zero attached hydrogens (tertiary/aromatic N) is 2. The number of rotatable bonds is 5. The van der Waals surface area contributed by atoms with Crippen molar-refractivity contribution in [1.29, 1.82) is 0 Å². The van der Waals surface area contributed by atoms with Gasteiger partial charge in [0, 0.05) is 32.5 Å². The molecule has 3 rings (SSSR count). The summed E-state index contributed by atoms with van der Waals surface area (Å²) >= 11 is 0. The summed E-state index contributed by atoms with van der Waals surface area (Å²) in [6.45, 7) is 5.17. The van der Waals surface area contributed by atoms with E-state index in [4.69, 9.17) is 10.5 Å². The predicted molar refractivity (Wildman–Crippen MR) is 90.5 cm³/mol. The Bertz CT molecular complexity index is 597. The molecule has 0 aliphatic carbocycles. The highest BCUT2D eigenvalue weighted by Gasteiger charge is 2.47. The quantitative estimate of drug-likeness (QED) is 0.888. The van der Waals surface area contributed by atoms with Crippen LogP contribution in [0.4, 0.5) is 4.79 Å². The van der Waals surface area contributed by atoms with Gasteiger partial charge in [-0.05, 0) is 11.5 Å². The first-order chi connectivity index (χ1) is 11.5. The number of amides is 2. The summed E-state index contributed by atoms with van der Waals surface area (Å²) in [5, 5.41) is 0. The molecule has 6 heteroatoms. The van der Waals surface area contributed by atoms with Gasteiger partial charge in [-0.2, -0.15) is 0 Å². The molecule has 1 unspecified atom stereocenters. The number of carbonyl (C=O) groups is 2. The van der Waals surface area contributed by atoms with E-state index in [0.717, 1.165) is 25.9 Å². The summed E-state index contributed by atoms with van der Waals surface area (Å²) in [4.78, 5) is 27.2. The average Bonchev–Trinajstić information content (AvgIpc) is 2.86. The van der Waals surface area contributed by atoms with Gasteiger partial charge in [0.25, 0.3) is 0 Å². The number of carbonyl (C=O) groups excluding carboxylic acids is 2. The average molecular weight is 331 g/mol.